The summed E-state index contributed by atoms with van der Waals surface area (Å²) in [5, 5.41) is 6.29. The summed E-state index contributed by atoms with van der Waals surface area (Å²) >= 11 is 0. The highest BCUT2D eigenvalue weighted by atomic mass is 19.1. The molecule has 0 aliphatic heterocycles. The van der Waals surface area contributed by atoms with Crippen LogP contribution in [0.4, 0.5) is 21.5 Å². The topological polar surface area (TPSA) is 82.8 Å². The highest BCUT2D eigenvalue weighted by Gasteiger charge is 2.36. The Morgan fingerprint density at radius 3 is 2.29 bits per heavy atom. The van der Waals surface area contributed by atoms with Crippen molar-refractivity contribution in [2.45, 2.75) is 26.2 Å². The maximum atomic E-state index is 14.6. The highest BCUT2D eigenvalue weighted by Crippen LogP contribution is 2.31. The van der Waals surface area contributed by atoms with E-state index >= 15 is 0 Å². The summed E-state index contributed by atoms with van der Waals surface area (Å²) in [6.07, 6.45) is 0. The molecule has 0 heterocycles. The van der Waals surface area contributed by atoms with Gasteiger partial charge in [-0.3, -0.25) is 14.7 Å². The molecule has 0 radical (unpaired) electrons. The third kappa shape index (κ3) is 4.60. The van der Waals surface area contributed by atoms with Crippen molar-refractivity contribution >= 4 is 28.9 Å². The third-order valence-electron chi connectivity index (χ3n) is 4.61. The fourth-order valence-electron chi connectivity index (χ4n) is 2.88. The number of carbonyl (C=O) groups excluding carboxylic acids is 1. The van der Waals surface area contributed by atoms with Crippen molar-refractivity contribution in [1.82, 2.24) is 4.90 Å². The number of hydrogen-bond donors (Lipinski definition) is 3. The number of amides is 1. The molecular weight excluding hydrogens is 357 g/mol. The van der Waals surface area contributed by atoms with E-state index in [-0.39, 0.29) is 17.4 Å². The van der Waals surface area contributed by atoms with Gasteiger partial charge in [-0.15, -0.1) is 0 Å². The van der Waals surface area contributed by atoms with Gasteiger partial charge in [-0.05, 0) is 63.2 Å². The number of likely N-dealkylation sites (N-methyl/N-ethyl adjacent to an activating group) is 1. The molecule has 0 bridgehead atoms. The van der Waals surface area contributed by atoms with E-state index in [9.17, 15) is 9.18 Å². The fraction of sp³-hybridized carbons (Fsp3) is 0.333. The van der Waals surface area contributed by atoms with E-state index in [1.165, 1.54) is 11.0 Å². The van der Waals surface area contributed by atoms with Gasteiger partial charge >= 0.3 is 0 Å². The Morgan fingerprint density at radius 2 is 1.71 bits per heavy atom. The number of aliphatic imine (C=N–C) groups is 1. The van der Waals surface area contributed by atoms with Crippen LogP contribution in [0.5, 0.6) is 0 Å². The molecule has 0 atom stereocenters. The Bertz CT molecular complexity index is 862. The lowest BCUT2D eigenvalue weighted by molar-refractivity contribution is -0.131. The second-order valence-corrected chi connectivity index (χ2v) is 6.97. The van der Waals surface area contributed by atoms with Gasteiger partial charge in [-0.1, -0.05) is 0 Å². The lowest BCUT2D eigenvalue weighted by atomic mass is 9.82. The van der Waals surface area contributed by atoms with Gasteiger partial charge in [0.25, 0.3) is 0 Å². The van der Waals surface area contributed by atoms with E-state index in [2.05, 4.69) is 15.6 Å². The molecule has 0 aromatic heterocycles. The first-order valence-corrected chi connectivity index (χ1v) is 9.13. The summed E-state index contributed by atoms with van der Waals surface area (Å²) in [7, 11) is 3.39. The van der Waals surface area contributed by atoms with Gasteiger partial charge in [-0.2, -0.15) is 0 Å². The molecular formula is C21H28FN5O. The normalized spacial score (nSPS) is 11.9. The first kappa shape index (κ1) is 21.2. The molecule has 0 aliphatic rings. The molecule has 6 nitrogen and oxygen atoms in total. The van der Waals surface area contributed by atoms with Crippen molar-refractivity contribution in [3.8, 4) is 0 Å². The van der Waals surface area contributed by atoms with Gasteiger partial charge in [0.15, 0.2) is 5.96 Å². The highest BCUT2D eigenvalue weighted by molar-refractivity contribution is 6.00. The average Bonchev–Trinajstić information content (AvgIpc) is 2.68. The lowest BCUT2D eigenvalue weighted by Crippen LogP contribution is -2.47. The van der Waals surface area contributed by atoms with Crippen LogP contribution in [-0.4, -0.2) is 37.4 Å². The summed E-state index contributed by atoms with van der Waals surface area (Å²) in [6.45, 7) is 5.64. The van der Waals surface area contributed by atoms with Gasteiger partial charge in [0, 0.05) is 43.3 Å². The molecule has 0 aliphatic carbocycles. The summed E-state index contributed by atoms with van der Waals surface area (Å²) in [4.78, 5) is 18.3. The number of guanidine groups is 1. The minimum absolute atomic E-state index is 0.111. The number of nitrogens with one attached hydrogen (secondary N) is 2. The second-order valence-electron chi connectivity index (χ2n) is 6.97. The van der Waals surface area contributed by atoms with E-state index in [4.69, 9.17) is 5.73 Å². The Hall–Kier alpha value is -3.09. The van der Waals surface area contributed by atoms with Crippen LogP contribution in [0.2, 0.25) is 0 Å². The Morgan fingerprint density at radius 1 is 1.14 bits per heavy atom. The van der Waals surface area contributed by atoms with E-state index in [1.54, 1.807) is 33.0 Å². The molecule has 0 saturated carbocycles. The van der Waals surface area contributed by atoms with Crippen molar-refractivity contribution in [3.05, 3.63) is 53.8 Å². The van der Waals surface area contributed by atoms with Crippen molar-refractivity contribution in [2.24, 2.45) is 10.7 Å². The molecule has 0 saturated heterocycles. The number of nitrogens with zero attached hydrogens (tertiary/aromatic N) is 2. The molecule has 7 heteroatoms. The number of rotatable bonds is 6. The van der Waals surface area contributed by atoms with E-state index in [0.717, 1.165) is 11.4 Å². The number of halogens is 1. The van der Waals surface area contributed by atoms with Crippen LogP contribution < -0.4 is 16.4 Å². The van der Waals surface area contributed by atoms with Crippen LogP contribution in [0.1, 0.15) is 26.3 Å². The summed E-state index contributed by atoms with van der Waals surface area (Å²) in [6, 6.07) is 12.4. The Labute approximate surface area is 165 Å². The van der Waals surface area contributed by atoms with Crippen LogP contribution in [0, 0.1) is 5.82 Å². The largest absolute Gasteiger partial charge is 0.388 e. The lowest BCUT2D eigenvalue weighted by Gasteiger charge is -2.30. The van der Waals surface area contributed by atoms with E-state index in [1.807, 2.05) is 38.2 Å². The second kappa shape index (κ2) is 8.73. The fourth-order valence-corrected chi connectivity index (χ4v) is 2.88. The quantitative estimate of drug-likeness (QED) is 0.523. The molecule has 150 valence electrons. The first-order valence-electron chi connectivity index (χ1n) is 9.13. The molecule has 2 aromatic rings. The van der Waals surface area contributed by atoms with Crippen LogP contribution in [0.3, 0.4) is 0 Å². The molecule has 28 heavy (non-hydrogen) atoms. The van der Waals surface area contributed by atoms with Crippen LogP contribution in [0.25, 0.3) is 0 Å². The Kier molecular flexibility index (Phi) is 6.62. The van der Waals surface area contributed by atoms with Crippen molar-refractivity contribution in [3.63, 3.8) is 0 Å². The average molecular weight is 385 g/mol. The van der Waals surface area contributed by atoms with Crippen LogP contribution >= 0.6 is 0 Å². The zero-order valence-electron chi connectivity index (χ0n) is 17.0. The number of hydrogen-bond acceptors (Lipinski definition) is 4. The Balaban J connectivity index is 2.32. The van der Waals surface area contributed by atoms with Crippen molar-refractivity contribution < 1.29 is 9.18 Å². The zero-order valence-corrected chi connectivity index (χ0v) is 17.0. The first-order chi connectivity index (χ1) is 13.2. The third-order valence-corrected chi connectivity index (χ3v) is 4.61. The molecule has 2 rings (SSSR count). The standard InChI is InChI=1S/C21H28FN5O/c1-6-25-20(23)27(5)19(28)21(2,3)17-13-16(11-12-18(17)22)26-15-9-7-14(24-4)8-10-15/h7-13,24,26H,6H2,1-5H3,(H2,23,25). The SMILES string of the molecule is CCN=C(N)N(C)C(=O)C(C)(C)c1cc(Nc2ccc(NC)cc2)ccc1F. The van der Waals surface area contributed by atoms with Gasteiger partial charge in [0.1, 0.15) is 5.82 Å². The van der Waals surface area contributed by atoms with Gasteiger partial charge in [0.2, 0.25) is 5.91 Å². The predicted molar refractivity (Wildman–Crippen MR) is 114 cm³/mol. The smallest absolute Gasteiger partial charge is 0.239 e. The maximum absolute atomic E-state index is 14.6. The minimum atomic E-state index is -1.12. The summed E-state index contributed by atoms with van der Waals surface area (Å²) in [5.74, 6) is -0.676. The molecule has 0 fully saturated rings. The minimum Gasteiger partial charge on any atom is -0.388 e. The monoisotopic (exact) mass is 385 g/mol. The number of nitrogens with two attached hydrogens (primary N) is 1. The maximum Gasteiger partial charge on any atom is 0.239 e. The number of anilines is 3. The van der Waals surface area contributed by atoms with Crippen molar-refractivity contribution in [1.29, 1.82) is 0 Å². The van der Waals surface area contributed by atoms with Gasteiger partial charge in [-0.25, -0.2) is 4.39 Å². The van der Waals surface area contributed by atoms with Crippen molar-refractivity contribution in [2.75, 3.05) is 31.3 Å². The molecule has 0 unspecified atom stereocenters. The van der Waals surface area contributed by atoms with Crippen LogP contribution in [-0.2, 0) is 10.2 Å². The number of carbonyl (C=O) groups is 1. The van der Waals surface area contributed by atoms with Gasteiger partial charge in [0.05, 0.1) is 5.41 Å². The van der Waals surface area contributed by atoms with E-state index in [0.29, 0.717) is 12.2 Å². The summed E-state index contributed by atoms with van der Waals surface area (Å²) in [5.41, 5.74) is 7.54. The summed E-state index contributed by atoms with van der Waals surface area (Å²) < 4.78 is 14.6. The van der Waals surface area contributed by atoms with Gasteiger partial charge < -0.3 is 16.4 Å². The molecule has 0 spiro atoms. The molecule has 1 amide bonds. The predicted octanol–water partition coefficient (Wildman–Crippen LogP) is 3.68. The molecule has 2 aromatic carbocycles. The van der Waals surface area contributed by atoms with Crippen LogP contribution in [0.15, 0.2) is 47.5 Å². The number of benzene rings is 2. The zero-order chi connectivity index (χ0) is 20.9. The van der Waals surface area contributed by atoms with E-state index < -0.39 is 11.2 Å². The molecule has 4 N–H and O–H groups in total.